The first-order valence-electron chi connectivity index (χ1n) is 6.48. The summed E-state index contributed by atoms with van der Waals surface area (Å²) in [6, 6.07) is 6.97. The number of aromatic nitrogens is 2. The van der Waals surface area contributed by atoms with Gasteiger partial charge in [-0.2, -0.15) is 5.10 Å². The maximum Gasteiger partial charge on any atom is 0.137 e. The quantitative estimate of drug-likeness (QED) is 0.649. The van der Waals surface area contributed by atoms with E-state index in [1.165, 1.54) is 6.07 Å². The Labute approximate surface area is 126 Å². The summed E-state index contributed by atoms with van der Waals surface area (Å²) >= 11 is 3.20. The minimum atomic E-state index is -0.264. The van der Waals surface area contributed by atoms with Gasteiger partial charge in [-0.3, -0.25) is 16.0 Å². The zero-order valence-electron chi connectivity index (χ0n) is 11.5. The SMILES string of the molecule is CCc1cc(C(Cc2ccc(F)c(Br)c2)NN)n(C)n1. The minimum Gasteiger partial charge on any atom is -0.271 e. The zero-order chi connectivity index (χ0) is 14.7. The van der Waals surface area contributed by atoms with Crippen LogP contribution in [0.15, 0.2) is 28.7 Å². The summed E-state index contributed by atoms with van der Waals surface area (Å²) in [6.07, 6.45) is 1.55. The summed E-state index contributed by atoms with van der Waals surface area (Å²) in [5.41, 5.74) is 5.86. The van der Waals surface area contributed by atoms with Crippen LogP contribution in [-0.4, -0.2) is 9.78 Å². The lowest BCUT2D eigenvalue weighted by atomic mass is 10.0. The van der Waals surface area contributed by atoms with Crippen LogP contribution in [0.25, 0.3) is 0 Å². The predicted molar refractivity (Wildman–Crippen MR) is 80.5 cm³/mol. The molecule has 0 radical (unpaired) electrons. The summed E-state index contributed by atoms with van der Waals surface area (Å²) in [5.74, 6) is 5.40. The predicted octanol–water partition coefficient (Wildman–Crippen LogP) is 2.63. The molecule has 20 heavy (non-hydrogen) atoms. The molecule has 108 valence electrons. The fraction of sp³-hybridized carbons (Fsp3) is 0.357. The highest BCUT2D eigenvalue weighted by molar-refractivity contribution is 9.10. The number of halogens is 2. The monoisotopic (exact) mass is 340 g/mol. The van der Waals surface area contributed by atoms with E-state index in [-0.39, 0.29) is 11.9 Å². The number of hydrazine groups is 1. The summed E-state index contributed by atoms with van der Waals surface area (Å²) in [7, 11) is 1.90. The van der Waals surface area contributed by atoms with Gasteiger partial charge in [-0.1, -0.05) is 13.0 Å². The molecule has 0 spiro atoms. The summed E-state index contributed by atoms with van der Waals surface area (Å²) in [5, 5.41) is 4.42. The molecule has 0 bridgehead atoms. The van der Waals surface area contributed by atoms with E-state index < -0.39 is 0 Å². The lowest BCUT2D eigenvalue weighted by Crippen LogP contribution is -2.31. The summed E-state index contributed by atoms with van der Waals surface area (Å²) < 4.78 is 15.6. The largest absolute Gasteiger partial charge is 0.271 e. The van der Waals surface area contributed by atoms with Gasteiger partial charge in [0.2, 0.25) is 0 Å². The molecule has 0 aliphatic heterocycles. The molecule has 1 aromatic heterocycles. The van der Waals surface area contributed by atoms with Gasteiger partial charge in [0.15, 0.2) is 0 Å². The van der Waals surface area contributed by atoms with Gasteiger partial charge in [0.1, 0.15) is 5.82 Å². The van der Waals surface area contributed by atoms with E-state index in [0.29, 0.717) is 10.9 Å². The van der Waals surface area contributed by atoms with Gasteiger partial charge < -0.3 is 0 Å². The van der Waals surface area contributed by atoms with E-state index in [9.17, 15) is 4.39 Å². The highest BCUT2D eigenvalue weighted by Crippen LogP contribution is 2.22. The lowest BCUT2D eigenvalue weighted by Gasteiger charge is -2.16. The number of hydrogen-bond donors (Lipinski definition) is 2. The Morgan fingerprint density at radius 1 is 1.45 bits per heavy atom. The Bertz CT molecular complexity index is 597. The normalized spacial score (nSPS) is 12.7. The van der Waals surface area contributed by atoms with E-state index in [2.05, 4.69) is 33.4 Å². The van der Waals surface area contributed by atoms with E-state index >= 15 is 0 Å². The number of rotatable bonds is 5. The molecule has 3 N–H and O–H groups in total. The Kier molecular flexibility index (Phi) is 4.91. The molecule has 4 nitrogen and oxygen atoms in total. The second-order valence-electron chi connectivity index (χ2n) is 4.71. The van der Waals surface area contributed by atoms with Crippen LogP contribution in [0, 0.1) is 5.82 Å². The molecule has 2 rings (SSSR count). The molecule has 0 aliphatic carbocycles. The van der Waals surface area contributed by atoms with Crippen molar-refractivity contribution in [1.29, 1.82) is 0 Å². The van der Waals surface area contributed by atoms with Crippen molar-refractivity contribution in [2.75, 3.05) is 0 Å². The number of aryl methyl sites for hydroxylation is 2. The highest BCUT2D eigenvalue weighted by atomic mass is 79.9. The number of nitrogens with zero attached hydrogens (tertiary/aromatic N) is 2. The standard InChI is InChI=1S/C14H18BrFN4/c1-3-10-8-14(20(2)19-10)13(18-17)7-9-4-5-12(16)11(15)6-9/h4-6,8,13,18H,3,7,17H2,1-2H3. The molecule has 6 heteroatoms. The van der Waals surface area contributed by atoms with Gasteiger partial charge >= 0.3 is 0 Å². The average Bonchev–Trinajstić information content (AvgIpc) is 2.81. The van der Waals surface area contributed by atoms with Crippen LogP contribution in [0.5, 0.6) is 0 Å². The highest BCUT2D eigenvalue weighted by Gasteiger charge is 2.16. The van der Waals surface area contributed by atoms with Gasteiger partial charge in [0.25, 0.3) is 0 Å². The van der Waals surface area contributed by atoms with Crippen molar-refractivity contribution in [2.45, 2.75) is 25.8 Å². The minimum absolute atomic E-state index is 0.0647. The smallest absolute Gasteiger partial charge is 0.137 e. The van der Waals surface area contributed by atoms with Crippen LogP contribution in [0.4, 0.5) is 4.39 Å². The van der Waals surface area contributed by atoms with Crippen molar-refractivity contribution in [3.05, 3.63) is 51.5 Å². The Hall–Kier alpha value is -1.24. The van der Waals surface area contributed by atoms with Gasteiger partial charge in [0.05, 0.1) is 21.9 Å². The zero-order valence-corrected chi connectivity index (χ0v) is 13.1. The number of hydrogen-bond acceptors (Lipinski definition) is 3. The first-order chi connectivity index (χ1) is 9.55. The number of nitrogens with one attached hydrogen (secondary N) is 1. The molecule has 0 aliphatic rings. The number of benzene rings is 1. The van der Waals surface area contributed by atoms with Crippen LogP contribution in [-0.2, 0) is 19.9 Å². The molecule has 0 saturated heterocycles. The van der Waals surface area contributed by atoms with Crippen molar-refractivity contribution >= 4 is 15.9 Å². The first-order valence-corrected chi connectivity index (χ1v) is 7.27. The van der Waals surface area contributed by atoms with Crippen molar-refractivity contribution in [3.8, 4) is 0 Å². The molecule has 1 atom stereocenters. The van der Waals surface area contributed by atoms with Gasteiger partial charge in [-0.25, -0.2) is 4.39 Å². The maximum atomic E-state index is 13.3. The Morgan fingerprint density at radius 3 is 2.75 bits per heavy atom. The third-order valence-electron chi connectivity index (χ3n) is 3.31. The summed E-state index contributed by atoms with van der Waals surface area (Å²) in [4.78, 5) is 0. The average molecular weight is 341 g/mol. The molecule has 1 aromatic carbocycles. The van der Waals surface area contributed by atoms with Crippen LogP contribution in [0.1, 0.15) is 29.9 Å². The molecular formula is C14H18BrFN4. The van der Waals surface area contributed by atoms with Crippen LogP contribution in [0.2, 0.25) is 0 Å². The van der Waals surface area contributed by atoms with Crippen LogP contribution < -0.4 is 11.3 Å². The van der Waals surface area contributed by atoms with Crippen LogP contribution >= 0.6 is 15.9 Å². The van der Waals surface area contributed by atoms with E-state index in [4.69, 9.17) is 5.84 Å². The second-order valence-corrected chi connectivity index (χ2v) is 5.56. The van der Waals surface area contributed by atoms with Crippen molar-refractivity contribution in [3.63, 3.8) is 0 Å². The molecule has 0 amide bonds. The third kappa shape index (κ3) is 3.26. The van der Waals surface area contributed by atoms with Crippen molar-refractivity contribution in [1.82, 2.24) is 15.2 Å². The van der Waals surface area contributed by atoms with Gasteiger partial charge in [0, 0.05) is 7.05 Å². The molecule has 1 heterocycles. The van der Waals surface area contributed by atoms with Gasteiger partial charge in [-0.15, -0.1) is 0 Å². The second kappa shape index (κ2) is 6.47. The first kappa shape index (κ1) is 15.2. The van der Waals surface area contributed by atoms with Gasteiger partial charge in [-0.05, 0) is 52.5 Å². The fourth-order valence-corrected chi connectivity index (χ4v) is 2.62. The molecule has 0 saturated carbocycles. The molecular weight excluding hydrogens is 323 g/mol. The summed E-state index contributed by atoms with van der Waals surface area (Å²) in [6.45, 7) is 2.06. The molecule has 1 unspecified atom stereocenters. The lowest BCUT2D eigenvalue weighted by molar-refractivity contribution is 0.507. The number of nitrogens with two attached hydrogens (primary N) is 1. The van der Waals surface area contributed by atoms with Crippen molar-refractivity contribution in [2.24, 2.45) is 12.9 Å². The van der Waals surface area contributed by atoms with Crippen LogP contribution in [0.3, 0.4) is 0 Å². The third-order valence-corrected chi connectivity index (χ3v) is 3.92. The molecule has 2 aromatic rings. The Balaban J connectivity index is 2.23. The van der Waals surface area contributed by atoms with Crippen molar-refractivity contribution < 1.29 is 4.39 Å². The maximum absolute atomic E-state index is 13.3. The van der Waals surface area contributed by atoms with E-state index in [0.717, 1.165) is 23.4 Å². The Morgan fingerprint density at radius 2 is 2.20 bits per heavy atom. The van der Waals surface area contributed by atoms with E-state index in [1.807, 2.05) is 17.8 Å². The van der Waals surface area contributed by atoms with E-state index in [1.54, 1.807) is 12.1 Å². The fourth-order valence-electron chi connectivity index (χ4n) is 2.19. The molecule has 0 fully saturated rings. The topological polar surface area (TPSA) is 55.9 Å².